The van der Waals surface area contributed by atoms with E-state index < -0.39 is 0 Å². The molecular formula is C6H11N. The Hall–Kier alpha value is -0.0400. The fraction of sp³-hybridized carbons (Fsp3) is 1.00. The summed E-state index contributed by atoms with van der Waals surface area (Å²) in [5.74, 6) is 0. The third kappa shape index (κ3) is 0.325. The zero-order chi connectivity index (χ0) is 4.91. The van der Waals surface area contributed by atoms with Crippen LogP contribution in [0.25, 0.3) is 0 Å². The van der Waals surface area contributed by atoms with Gasteiger partial charge in [-0.15, -0.1) is 0 Å². The Bertz CT molecular complexity index is 88.8. The molecule has 0 heterocycles. The van der Waals surface area contributed by atoms with Crippen LogP contribution in [0.1, 0.15) is 25.7 Å². The summed E-state index contributed by atoms with van der Waals surface area (Å²) < 4.78 is 0. The topological polar surface area (TPSA) is 26.0 Å². The van der Waals surface area contributed by atoms with Gasteiger partial charge in [-0.25, -0.2) is 0 Å². The SMILES string of the molecule is N[C@@H]1CC12CCC2. The highest BCUT2D eigenvalue weighted by molar-refractivity contribution is 5.10. The maximum Gasteiger partial charge on any atom is 0.0102 e. The largest absolute Gasteiger partial charge is 0.327 e. The van der Waals surface area contributed by atoms with Gasteiger partial charge in [-0.05, 0) is 24.7 Å². The van der Waals surface area contributed by atoms with Crippen molar-refractivity contribution < 1.29 is 0 Å². The second-order valence-corrected chi connectivity index (χ2v) is 3.03. The number of hydrogen-bond acceptors (Lipinski definition) is 1. The fourth-order valence-electron chi connectivity index (χ4n) is 1.58. The molecule has 0 unspecified atom stereocenters. The lowest BCUT2D eigenvalue weighted by molar-refractivity contribution is 0.278. The molecule has 1 nitrogen and oxygen atoms in total. The van der Waals surface area contributed by atoms with Crippen molar-refractivity contribution in [3.8, 4) is 0 Å². The molecule has 1 spiro atoms. The average molecular weight is 97.2 g/mol. The van der Waals surface area contributed by atoms with E-state index in [1.165, 1.54) is 25.7 Å². The van der Waals surface area contributed by atoms with Crippen LogP contribution in [0.3, 0.4) is 0 Å². The van der Waals surface area contributed by atoms with Crippen molar-refractivity contribution in [3.63, 3.8) is 0 Å². The average Bonchev–Trinajstić information content (AvgIpc) is 2.10. The summed E-state index contributed by atoms with van der Waals surface area (Å²) in [6.07, 6.45) is 5.61. The summed E-state index contributed by atoms with van der Waals surface area (Å²) in [6, 6.07) is 0.598. The minimum Gasteiger partial charge on any atom is -0.327 e. The molecule has 1 atom stereocenters. The van der Waals surface area contributed by atoms with Crippen LogP contribution >= 0.6 is 0 Å². The second kappa shape index (κ2) is 0.873. The van der Waals surface area contributed by atoms with Crippen LogP contribution in [0.4, 0.5) is 0 Å². The van der Waals surface area contributed by atoms with E-state index in [1.807, 2.05) is 0 Å². The predicted molar refractivity (Wildman–Crippen MR) is 28.9 cm³/mol. The molecule has 2 aliphatic rings. The lowest BCUT2D eigenvalue weighted by Crippen LogP contribution is -2.21. The van der Waals surface area contributed by atoms with Gasteiger partial charge in [0.05, 0.1) is 0 Å². The first kappa shape index (κ1) is 3.90. The Morgan fingerprint density at radius 2 is 2.00 bits per heavy atom. The first-order chi connectivity index (χ1) is 3.33. The third-order valence-corrected chi connectivity index (χ3v) is 2.60. The first-order valence-electron chi connectivity index (χ1n) is 3.09. The quantitative estimate of drug-likeness (QED) is 0.477. The van der Waals surface area contributed by atoms with E-state index in [-0.39, 0.29) is 0 Å². The van der Waals surface area contributed by atoms with Crippen LogP contribution in [-0.4, -0.2) is 6.04 Å². The van der Waals surface area contributed by atoms with Crippen molar-refractivity contribution >= 4 is 0 Å². The summed E-state index contributed by atoms with van der Waals surface area (Å²) in [6.45, 7) is 0. The molecule has 2 aliphatic carbocycles. The molecule has 2 N–H and O–H groups in total. The molecule has 0 bridgehead atoms. The van der Waals surface area contributed by atoms with Crippen molar-refractivity contribution in [1.82, 2.24) is 0 Å². The summed E-state index contributed by atoms with van der Waals surface area (Å²) >= 11 is 0. The summed E-state index contributed by atoms with van der Waals surface area (Å²) in [5.41, 5.74) is 6.37. The second-order valence-electron chi connectivity index (χ2n) is 3.03. The Labute approximate surface area is 43.9 Å². The van der Waals surface area contributed by atoms with E-state index in [0.717, 1.165) is 0 Å². The van der Waals surface area contributed by atoms with Crippen molar-refractivity contribution in [2.45, 2.75) is 31.7 Å². The van der Waals surface area contributed by atoms with Crippen molar-refractivity contribution in [2.24, 2.45) is 11.1 Å². The molecule has 1 heteroatoms. The molecule has 0 saturated heterocycles. The van der Waals surface area contributed by atoms with Gasteiger partial charge in [0.2, 0.25) is 0 Å². The monoisotopic (exact) mass is 97.1 g/mol. The van der Waals surface area contributed by atoms with E-state index in [1.54, 1.807) is 0 Å². The van der Waals surface area contributed by atoms with Gasteiger partial charge in [0.1, 0.15) is 0 Å². The maximum absolute atomic E-state index is 5.66. The van der Waals surface area contributed by atoms with Crippen molar-refractivity contribution in [3.05, 3.63) is 0 Å². The van der Waals surface area contributed by atoms with Gasteiger partial charge in [-0.1, -0.05) is 6.42 Å². The smallest absolute Gasteiger partial charge is 0.0102 e. The minimum absolute atomic E-state index is 0.598. The van der Waals surface area contributed by atoms with Crippen LogP contribution < -0.4 is 5.73 Å². The van der Waals surface area contributed by atoms with Gasteiger partial charge in [0.15, 0.2) is 0 Å². The predicted octanol–water partition coefficient (Wildman–Crippen LogP) is 0.888. The van der Waals surface area contributed by atoms with Gasteiger partial charge in [0, 0.05) is 6.04 Å². The summed E-state index contributed by atoms with van der Waals surface area (Å²) in [4.78, 5) is 0. The summed E-state index contributed by atoms with van der Waals surface area (Å²) in [7, 11) is 0. The molecule has 2 fully saturated rings. The van der Waals surface area contributed by atoms with Gasteiger partial charge >= 0.3 is 0 Å². The number of rotatable bonds is 0. The first-order valence-corrected chi connectivity index (χ1v) is 3.09. The highest BCUT2D eigenvalue weighted by Gasteiger charge is 2.55. The van der Waals surface area contributed by atoms with Crippen molar-refractivity contribution in [1.29, 1.82) is 0 Å². The molecule has 0 radical (unpaired) electrons. The third-order valence-electron chi connectivity index (χ3n) is 2.60. The molecule has 0 aromatic rings. The van der Waals surface area contributed by atoms with Gasteiger partial charge in [-0.3, -0.25) is 0 Å². The molecule has 2 saturated carbocycles. The molecule has 0 amide bonds. The van der Waals surface area contributed by atoms with E-state index in [9.17, 15) is 0 Å². The van der Waals surface area contributed by atoms with Crippen LogP contribution in [0.15, 0.2) is 0 Å². The Morgan fingerprint density at radius 1 is 1.43 bits per heavy atom. The molecular weight excluding hydrogens is 86.1 g/mol. The van der Waals surface area contributed by atoms with E-state index in [0.29, 0.717) is 11.5 Å². The molecule has 7 heavy (non-hydrogen) atoms. The van der Waals surface area contributed by atoms with Gasteiger partial charge in [-0.2, -0.15) is 0 Å². The Morgan fingerprint density at radius 3 is 2.00 bits per heavy atom. The van der Waals surface area contributed by atoms with Gasteiger partial charge < -0.3 is 5.73 Å². The number of nitrogens with two attached hydrogens (primary N) is 1. The Kier molecular flexibility index (Phi) is 0.487. The lowest BCUT2D eigenvalue weighted by Gasteiger charge is -2.25. The highest BCUT2D eigenvalue weighted by atomic mass is 14.8. The van der Waals surface area contributed by atoms with E-state index in [2.05, 4.69) is 0 Å². The molecule has 0 aromatic carbocycles. The van der Waals surface area contributed by atoms with Crippen molar-refractivity contribution in [2.75, 3.05) is 0 Å². The molecule has 40 valence electrons. The van der Waals surface area contributed by atoms with Crippen LogP contribution in [0, 0.1) is 5.41 Å². The van der Waals surface area contributed by atoms with Crippen LogP contribution in [0.2, 0.25) is 0 Å². The van der Waals surface area contributed by atoms with Gasteiger partial charge in [0.25, 0.3) is 0 Å². The number of hydrogen-bond donors (Lipinski definition) is 1. The highest BCUT2D eigenvalue weighted by Crippen LogP contribution is 2.59. The molecule has 2 rings (SSSR count). The summed E-state index contributed by atoms with van der Waals surface area (Å²) in [5, 5.41) is 0. The van der Waals surface area contributed by atoms with E-state index in [4.69, 9.17) is 5.73 Å². The normalized spacial score (nSPS) is 43.3. The fourth-order valence-corrected chi connectivity index (χ4v) is 1.58. The minimum atomic E-state index is 0.598. The zero-order valence-corrected chi connectivity index (χ0v) is 4.48. The molecule has 0 aromatic heterocycles. The van der Waals surface area contributed by atoms with E-state index >= 15 is 0 Å². The van der Waals surface area contributed by atoms with Crippen LogP contribution in [-0.2, 0) is 0 Å². The van der Waals surface area contributed by atoms with Crippen LogP contribution in [0.5, 0.6) is 0 Å². The Balaban J connectivity index is 2.05. The standard InChI is InChI=1S/C6H11N/c7-5-4-6(5)2-1-3-6/h5H,1-4,7H2/t5-/m1/s1. The lowest BCUT2D eigenvalue weighted by atomic mass is 9.81. The molecule has 0 aliphatic heterocycles. The maximum atomic E-state index is 5.66. The zero-order valence-electron chi connectivity index (χ0n) is 4.48.